The molecule has 0 aliphatic carbocycles. The van der Waals surface area contributed by atoms with Crippen LogP contribution in [0.25, 0.3) is 0 Å². The Bertz CT molecular complexity index is 359. The van der Waals surface area contributed by atoms with Gasteiger partial charge in [-0.15, -0.1) is 12.6 Å². The molecule has 0 aliphatic heterocycles. The first-order chi connectivity index (χ1) is 6.60. The van der Waals surface area contributed by atoms with Crippen LogP contribution >= 0.6 is 12.6 Å². The van der Waals surface area contributed by atoms with Gasteiger partial charge in [0.25, 0.3) is 0 Å². The number of rotatable bonds is 3. The smallest absolute Gasteiger partial charge is 0.336 e. The normalized spacial score (nSPS) is 10.2. The van der Waals surface area contributed by atoms with Gasteiger partial charge in [-0.05, 0) is 30.0 Å². The van der Waals surface area contributed by atoms with Gasteiger partial charge in [0.1, 0.15) is 0 Å². The molecule has 0 unspecified atom stereocenters. The van der Waals surface area contributed by atoms with Crippen LogP contribution in [0.3, 0.4) is 0 Å². The van der Waals surface area contributed by atoms with E-state index in [-0.39, 0.29) is 0 Å². The minimum absolute atomic E-state index is 0.310. The second-order valence-electron chi connectivity index (χ2n) is 3.16. The highest BCUT2D eigenvalue weighted by Crippen LogP contribution is 2.22. The molecule has 3 heteroatoms. The van der Waals surface area contributed by atoms with Crippen molar-refractivity contribution < 1.29 is 9.90 Å². The lowest BCUT2D eigenvalue weighted by Gasteiger charge is -2.08. The molecule has 0 spiro atoms. The molecule has 1 aromatic carbocycles. The van der Waals surface area contributed by atoms with E-state index in [9.17, 15) is 4.79 Å². The molecule has 0 fully saturated rings. The number of carboxylic acid groups (broad SMARTS) is 1. The van der Waals surface area contributed by atoms with Crippen molar-refractivity contribution >= 4 is 18.6 Å². The number of aromatic carboxylic acids is 1. The first-order valence-electron chi connectivity index (χ1n) is 4.68. The molecule has 1 rings (SSSR count). The second kappa shape index (κ2) is 4.51. The van der Waals surface area contributed by atoms with Crippen molar-refractivity contribution in [2.75, 3.05) is 0 Å². The Hall–Kier alpha value is -0.960. The number of thiol groups is 1. The zero-order chi connectivity index (χ0) is 10.7. The zero-order valence-corrected chi connectivity index (χ0v) is 9.27. The lowest BCUT2D eigenvalue weighted by molar-refractivity contribution is 0.0693. The van der Waals surface area contributed by atoms with E-state index >= 15 is 0 Å². The van der Waals surface area contributed by atoms with Crippen LogP contribution in [0.1, 0.15) is 35.3 Å². The van der Waals surface area contributed by atoms with Gasteiger partial charge in [0.2, 0.25) is 0 Å². The van der Waals surface area contributed by atoms with Crippen molar-refractivity contribution in [1.82, 2.24) is 0 Å². The van der Waals surface area contributed by atoms with Gasteiger partial charge in [-0.1, -0.05) is 19.9 Å². The van der Waals surface area contributed by atoms with E-state index in [0.29, 0.717) is 10.5 Å². The summed E-state index contributed by atoms with van der Waals surface area (Å²) in [6.07, 6.45) is 1.66. The molecular formula is C11H14O2S. The SMILES string of the molecule is CCc1cc(CC)c(S)c(C(=O)O)c1. The van der Waals surface area contributed by atoms with Crippen LogP contribution in [-0.4, -0.2) is 11.1 Å². The van der Waals surface area contributed by atoms with Gasteiger partial charge in [0.15, 0.2) is 0 Å². The predicted octanol–water partition coefficient (Wildman–Crippen LogP) is 2.80. The molecule has 0 saturated carbocycles. The van der Waals surface area contributed by atoms with Crippen LogP contribution in [0.15, 0.2) is 17.0 Å². The van der Waals surface area contributed by atoms with E-state index in [1.807, 2.05) is 19.9 Å². The van der Waals surface area contributed by atoms with Crippen molar-refractivity contribution in [3.63, 3.8) is 0 Å². The summed E-state index contributed by atoms with van der Waals surface area (Å²) in [7, 11) is 0. The Morgan fingerprint density at radius 3 is 2.43 bits per heavy atom. The predicted molar refractivity (Wildman–Crippen MR) is 59.4 cm³/mol. The molecule has 0 atom stereocenters. The lowest BCUT2D eigenvalue weighted by atomic mass is 10.0. The number of aryl methyl sites for hydroxylation is 2. The monoisotopic (exact) mass is 210 g/mol. The molecule has 14 heavy (non-hydrogen) atoms. The van der Waals surface area contributed by atoms with Crippen molar-refractivity contribution in [3.8, 4) is 0 Å². The minimum Gasteiger partial charge on any atom is -0.478 e. The van der Waals surface area contributed by atoms with Gasteiger partial charge in [-0.2, -0.15) is 0 Å². The van der Waals surface area contributed by atoms with E-state index in [1.165, 1.54) is 0 Å². The topological polar surface area (TPSA) is 37.3 Å². The maximum atomic E-state index is 10.9. The van der Waals surface area contributed by atoms with E-state index in [2.05, 4.69) is 12.6 Å². The van der Waals surface area contributed by atoms with Gasteiger partial charge >= 0.3 is 5.97 Å². The maximum absolute atomic E-state index is 10.9. The van der Waals surface area contributed by atoms with Gasteiger partial charge in [-0.3, -0.25) is 0 Å². The van der Waals surface area contributed by atoms with Crippen molar-refractivity contribution in [3.05, 3.63) is 28.8 Å². The molecule has 1 aromatic rings. The van der Waals surface area contributed by atoms with Gasteiger partial charge < -0.3 is 5.11 Å². The number of hydrogen-bond donors (Lipinski definition) is 2. The summed E-state index contributed by atoms with van der Waals surface area (Å²) in [6, 6.07) is 3.72. The summed E-state index contributed by atoms with van der Waals surface area (Å²) in [4.78, 5) is 11.5. The van der Waals surface area contributed by atoms with Crippen LogP contribution in [0.5, 0.6) is 0 Å². The van der Waals surface area contributed by atoms with Crippen LogP contribution in [0, 0.1) is 0 Å². The van der Waals surface area contributed by atoms with Gasteiger partial charge in [-0.25, -0.2) is 4.79 Å². The van der Waals surface area contributed by atoms with Crippen molar-refractivity contribution in [2.24, 2.45) is 0 Å². The zero-order valence-electron chi connectivity index (χ0n) is 8.37. The molecule has 0 heterocycles. The lowest BCUT2D eigenvalue weighted by Crippen LogP contribution is -2.02. The Balaban J connectivity index is 3.34. The summed E-state index contributed by atoms with van der Waals surface area (Å²) in [5.74, 6) is -0.903. The Kier molecular flexibility index (Phi) is 3.58. The number of hydrogen-bond acceptors (Lipinski definition) is 2. The molecule has 0 amide bonds. The van der Waals surface area contributed by atoms with Gasteiger partial charge in [0, 0.05) is 4.90 Å². The van der Waals surface area contributed by atoms with E-state index < -0.39 is 5.97 Å². The summed E-state index contributed by atoms with van der Waals surface area (Å²) in [6.45, 7) is 4.01. The Labute approximate surface area is 89.4 Å². The first kappa shape index (κ1) is 11.1. The molecule has 0 radical (unpaired) electrons. The molecule has 0 bridgehead atoms. The molecule has 0 aromatic heterocycles. The fraction of sp³-hybridized carbons (Fsp3) is 0.364. The summed E-state index contributed by atoms with van der Waals surface area (Å²) < 4.78 is 0. The van der Waals surface area contributed by atoms with Gasteiger partial charge in [0.05, 0.1) is 5.56 Å². The van der Waals surface area contributed by atoms with Crippen LogP contribution in [0.2, 0.25) is 0 Å². The fourth-order valence-corrected chi connectivity index (χ4v) is 1.78. The molecule has 1 N–H and O–H groups in total. The highest BCUT2D eigenvalue weighted by molar-refractivity contribution is 7.80. The standard InChI is InChI=1S/C11H14O2S/c1-3-7-5-8(4-2)10(14)9(6-7)11(12)13/h5-6,14H,3-4H2,1-2H3,(H,12,13). The van der Waals surface area contributed by atoms with E-state index in [0.717, 1.165) is 24.0 Å². The maximum Gasteiger partial charge on any atom is 0.336 e. The van der Waals surface area contributed by atoms with Crippen molar-refractivity contribution in [2.45, 2.75) is 31.6 Å². The third kappa shape index (κ3) is 2.10. The highest BCUT2D eigenvalue weighted by Gasteiger charge is 2.11. The number of benzene rings is 1. The summed E-state index contributed by atoms with van der Waals surface area (Å²) in [5.41, 5.74) is 2.37. The Morgan fingerprint density at radius 2 is 2.00 bits per heavy atom. The fourth-order valence-electron chi connectivity index (χ4n) is 1.40. The molecular weight excluding hydrogens is 196 g/mol. The third-order valence-electron chi connectivity index (χ3n) is 2.27. The number of carbonyl (C=O) groups is 1. The van der Waals surface area contributed by atoms with E-state index in [4.69, 9.17) is 5.11 Å². The second-order valence-corrected chi connectivity index (χ2v) is 3.61. The van der Waals surface area contributed by atoms with Crippen LogP contribution < -0.4 is 0 Å². The minimum atomic E-state index is -0.903. The molecule has 76 valence electrons. The van der Waals surface area contributed by atoms with Crippen LogP contribution in [0.4, 0.5) is 0 Å². The third-order valence-corrected chi connectivity index (χ3v) is 2.80. The quantitative estimate of drug-likeness (QED) is 0.753. The first-order valence-corrected chi connectivity index (χ1v) is 5.12. The average molecular weight is 210 g/mol. The summed E-state index contributed by atoms with van der Waals surface area (Å²) in [5, 5.41) is 8.96. The number of carboxylic acids is 1. The average Bonchev–Trinajstić information content (AvgIpc) is 2.17. The molecule has 0 saturated heterocycles. The molecule has 2 nitrogen and oxygen atoms in total. The summed E-state index contributed by atoms with van der Waals surface area (Å²) >= 11 is 4.24. The Morgan fingerprint density at radius 1 is 1.36 bits per heavy atom. The van der Waals surface area contributed by atoms with E-state index in [1.54, 1.807) is 6.07 Å². The largest absolute Gasteiger partial charge is 0.478 e. The van der Waals surface area contributed by atoms with Crippen LogP contribution in [-0.2, 0) is 12.8 Å². The van der Waals surface area contributed by atoms with Crippen molar-refractivity contribution in [1.29, 1.82) is 0 Å². The molecule has 0 aliphatic rings. The highest BCUT2D eigenvalue weighted by atomic mass is 32.1.